The van der Waals surface area contributed by atoms with Crippen molar-refractivity contribution in [1.29, 1.82) is 0 Å². The quantitative estimate of drug-likeness (QED) is 0.352. The third-order valence-corrected chi connectivity index (χ3v) is 0. The van der Waals surface area contributed by atoms with Crippen LogP contribution in [0.2, 0.25) is 0 Å². The molecule has 0 bridgehead atoms. The van der Waals surface area contributed by atoms with Gasteiger partial charge in [0.1, 0.15) is 0 Å². The second-order valence-electron chi connectivity index (χ2n) is 0. The van der Waals surface area contributed by atoms with Crippen LogP contribution in [0, 0.1) is 0 Å². The summed E-state index contributed by atoms with van der Waals surface area (Å²) < 4.78 is 0. The van der Waals surface area contributed by atoms with Crippen molar-refractivity contribution >= 4 is 45.5 Å². The largest absolute Gasteiger partial charge is 3.00 e. The summed E-state index contributed by atoms with van der Waals surface area (Å²) in [6, 6.07) is 0. The molecule has 0 aromatic rings. The first-order valence-electron chi connectivity index (χ1n) is 0. The molecule has 4 heavy (non-hydrogen) atoms. The van der Waals surface area contributed by atoms with E-state index in [1.165, 1.54) is 0 Å². The molecule has 0 radical (unpaired) electrons. The van der Waals surface area contributed by atoms with Crippen LogP contribution in [-0.2, 0) is 32.7 Å². The summed E-state index contributed by atoms with van der Waals surface area (Å²) in [5.74, 6) is 0. The molecular weight excluding hydrogens is 215 g/mol. The van der Waals surface area contributed by atoms with E-state index in [1.54, 1.807) is 0 Å². The third kappa shape index (κ3) is 8.82. The minimum Gasteiger partial charge on any atom is -1.00 e. The second-order valence-corrected chi connectivity index (χ2v) is 0. The molecule has 0 aromatic heterocycles. The van der Waals surface area contributed by atoms with Crippen LogP contribution in [0.25, 0.3) is 0 Å². The summed E-state index contributed by atoms with van der Waals surface area (Å²) in [4.78, 5) is 0. The Morgan fingerprint density at radius 3 is 0.750 bits per heavy atom. The molecule has 0 N–H and O–H groups in total. The predicted molar refractivity (Wildman–Crippen MR) is 5.75 cm³/mol. The molecule has 0 amide bonds. The van der Waals surface area contributed by atoms with E-state index >= 15 is 0 Å². The average molecular weight is 215 g/mol. The molecule has 0 aliphatic carbocycles. The molecule has 0 heterocycles. The standard InChI is InChI=1S/2FH.Sr.Y/h2*1H;;/q;;+2;+3/p-2. The monoisotopic (exact) mass is 215 g/mol. The summed E-state index contributed by atoms with van der Waals surface area (Å²) in [7, 11) is 0. The van der Waals surface area contributed by atoms with Crippen molar-refractivity contribution in [3.8, 4) is 0 Å². The molecule has 0 atom stereocenters. The van der Waals surface area contributed by atoms with Gasteiger partial charge in [-0.1, -0.05) is 0 Å². The van der Waals surface area contributed by atoms with Crippen LogP contribution in [0.3, 0.4) is 0 Å². The van der Waals surface area contributed by atoms with E-state index in [2.05, 4.69) is 0 Å². The van der Waals surface area contributed by atoms with E-state index in [-0.39, 0.29) is 87.6 Å². The molecular formula is F2SrY+3. The van der Waals surface area contributed by atoms with Gasteiger partial charge in [0.2, 0.25) is 0 Å². The summed E-state index contributed by atoms with van der Waals surface area (Å²) in [6.07, 6.45) is 0. The van der Waals surface area contributed by atoms with Crippen molar-refractivity contribution in [3.63, 3.8) is 0 Å². The zero-order valence-electron chi connectivity index (χ0n) is 2.04. The van der Waals surface area contributed by atoms with Gasteiger partial charge in [0.05, 0.1) is 0 Å². The first-order chi connectivity index (χ1) is 0. The Morgan fingerprint density at radius 1 is 0.750 bits per heavy atom. The fraction of sp³-hybridized carbons (Fsp3) is 0. The van der Waals surface area contributed by atoms with Crippen LogP contribution >= 0.6 is 0 Å². The van der Waals surface area contributed by atoms with Crippen molar-refractivity contribution in [1.82, 2.24) is 0 Å². The van der Waals surface area contributed by atoms with Crippen LogP contribution in [0.15, 0.2) is 0 Å². The van der Waals surface area contributed by atoms with Gasteiger partial charge in [0, 0.05) is 0 Å². The van der Waals surface area contributed by atoms with Crippen LogP contribution in [-0.4, -0.2) is 45.5 Å². The molecule has 0 spiro atoms. The Labute approximate surface area is 85.6 Å². The number of rotatable bonds is 0. The van der Waals surface area contributed by atoms with E-state index < -0.39 is 0 Å². The summed E-state index contributed by atoms with van der Waals surface area (Å²) >= 11 is 0. The molecule has 4 heteroatoms. The Bertz CT molecular complexity index is 6.00. The smallest absolute Gasteiger partial charge is 1.00 e. The maximum atomic E-state index is 0. The molecule has 0 aromatic carbocycles. The molecule has 0 nitrogen and oxygen atoms in total. The van der Waals surface area contributed by atoms with Crippen LogP contribution < -0.4 is 9.41 Å². The average Bonchev–Trinajstić information content (AvgIpc) is 0. The molecule has 16 valence electrons. The zero-order chi connectivity index (χ0) is 0. The summed E-state index contributed by atoms with van der Waals surface area (Å²) in [5, 5.41) is 0. The fourth-order valence-electron chi connectivity index (χ4n) is 0. The van der Waals surface area contributed by atoms with Crippen LogP contribution in [0.4, 0.5) is 0 Å². The van der Waals surface area contributed by atoms with Gasteiger partial charge in [-0.05, 0) is 0 Å². The topological polar surface area (TPSA) is 0 Å². The first-order valence-corrected chi connectivity index (χ1v) is 0. The van der Waals surface area contributed by atoms with Crippen LogP contribution in [0.1, 0.15) is 0 Å². The van der Waals surface area contributed by atoms with Gasteiger partial charge in [-0.15, -0.1) is 0 Å². The van der Waals surface area contributed by atoms with Gasteiger partial charge in [-0.3, -0.25) is 0 Å². The van der Waals surface area contributed by atoms with Crippen molar-refractivity contribution in [2.24, 2.45) is 0 Å². The van der Waals surface area contributed by atoms with E-state index in [4.69, 9.17) is 0 Å². The van der Waals surface area contributed by atoms with Gasteiger partial charge in [0.15, 0.2) is 0 Å². The van der Waals surface area contributed by atoms with E-state index in [0.717, 1.165) is 0 Å². The number of hydrogen-bond acceptors (Lipinski definition) is 0. The Kier molecular flexibility index (Phi) is 144. The van der Waals surface area contributed by atoms with Gasteiger partial charge >= 0.3 is 78.2 Å². The van der Waals surface area contributed by atoms with Crippen molar-refractivity contribution in [3.05, 3.63) is 0 Å². The third-order valence-electron chi connectivity index (χ3n) is 0. The molecule has 0 unspecified atom stereocenters. The fourth-order valence-corrected chi connectivity index (χ4v) is 0. The summed E-state index contributed by atoms with van der Waals surface area (Å²) in [6.45, 7) is 0. The number of halogens is 2. The molecule has 0 aliphatic rings. The molecule has 0 fully saturated rings. The van der Waals surface area contributed by atoms with Gasteiger partial charge < -0.3 is 9.41 Å². The molecule has 0 saturated carbocycles. The molecule has 0 rings (SSSR count). The predicted octanol–water partition coefficient (Wildman–Crippen LogP) is -6.38. The SMILES string of the molecule is [F-].[F-].[Sr+2].[Y+3]. The van der Waals surface area contributed by atoms with Gasteiger partial charge in [0.25, 0.3) is 0 Å². The normalized spacial score (nSPS) is 0. The first kappa shape index (κ1) is 32.0. The Hall–Kier alpha value is 2.44. The minimum atomic E-state index is 0. The zero-order valence-corrected chi connectivity index (χ0v) is 8.35. The maximum absolute atomic E-state index is 0. The van der Waals surface area contributed by atoms with E-state index in [9.17, 15) is 0 Å². The Morgan fingerprint density at radius 2 is 0.750 bits per heavy atom. The van der Waals surface area contributed by atoms with E-state index in [0.29, 0.717) is 0 Å². The van der Waals surface area contributed by atoms with Crippen molar-refractivity contribution < 1.29 is 42.1 Å². The van der Waals surface area contributed by atoms with Gasteiger partial charge in [-0.25, -0.2) is 0 Å². The molecule has 0 saturated heterocycles. The minimum absolute atomic E-state index is 0. The Balaban J connectivity index is 0. The maximum Gasteiger partial charge on any atom is 3.00 e. The van der Waals surface area contributed by atoms with Crippen molar-refractivity contribution in [2.45, 2.75) is 0 Å². The van der Waals surface area contributed by atoms with E-state index in [1.807, 2.05) is 0 Å². The second kappa shape index (κ2) is 18.0. The van der Waals surface area contributed by atoms with Crippen molar-refractivity contribution in [2.75, 3.05) is 0 Å². The summed E-state index contributed by atoms with van der Waals surface area (Å²) in [5.41, 5.74) is 0. The van der Waals surface area contributed by atoms with Gasteiger partial charge in [-0.2, -0.15) is 0 Å². The molecule has 0 aliphatic heterocycles. The number of hydrogen-bond donors (Lipinski definition) is 0. The van der Waals surface area contributed by atoms with Crippen LogP contribution in [0.5, 0.6) is 0 Å².